The average Bonchev–Trinajstić information content (AvgIpc) is 2.86. The molecule has 1 aliphatic carbocycles. The van der Waals surface area contributed by atoms with E-state index in [-0.39, 0.29) is 6.10 Å². The average molecular weight is 260 g/mol. The molecule has 19 heavy (non-hydrogen) atoms. The Kier molecular flexibility index (Phi) is 3.76. The van der Waals surface area contributed by atoms with Crippen molar-refractivity contribution < 1.29 is 5.11 Å². The molecule has 104 valence electrons. The number of anilines is 1. The fraction of sp³-hybridized carbons (Fsp3) is 0.625. The maximum Gasteiger partial charge on any atom is 0.0743 e. The van der Waals surface area contributed by atoms with Gasteiger partial charge in [-0.25, -0.2) is 0 Å². The number of fused-ring (bicyclic) bond motifs is 1. The summed E-state index contributed by atoms with van der Waals surface area (Å²) in [6.45, 7) is 4.22. The number of hydrogen-bond donors (Lipinski definition) is 2. The molecule has 1 aromatic rings. The normalized spacial score (nSPS) is 30.4. The van der Waals surface area contributed by atoms with E-state index in [4.69, 9.17) is 0 Å². The molecule has 3 rings (SSSR count). The van der Waals surface area contributed by atoms with Crippen LogP contribution in [0.3, 0.4) is 0 Å². The molecule has 2 N–H and O–H groups in total. The summed E-state index contributed by atoms with van der Waals surface area (Å²) >= 11 is 0. The number of hydrogen-bond acceptors (Lipinski definition) is 3. The third kappa shape index (κ3) is 2.37. The van der Waals surface area contributed by atoms with Gasteiger partial charge in [-0.05, 0) is 43.9 Å². The highest BCUT2D eigenvalue weighted by molar-refractivity contribution is 5.58. The molecule has 3 heteroatoms. The number of aliphatic hydroxyl groups is 1. The highest BCUT2D eigenvalue weighted by Crippen LogP contribution is 2.38. The minimum atomic E-state index is -0.149. The topological polar surface area (TPSA) is 35.5 Å². The molecule has 2 aliphatic rings. The van der Waals surface area contributed by atoms with E-state index in [1.165, 1.54) is 11.3 Å². The summed E-state index contributed by atoms with van der Waals surface area (Å²) in [6.07, 6.45) is 4.22. The first-order chi connectivity index (χ1) is 9.31. The molecule has 3 nitrogen and oxygen atoms in total. The van der Waals surface area contributed by atoms with E-state index in [1.807, 2.05) is 0 Å². The Bertz CT molecular complexity index is 435. The molecule has 3 atom stereocenters. The number of para-hydroxylation sites is 1. The Morgan fingerprint density at radius 3 is 2.84 bits per heavy atom. The second-order valence-corrected chi connectivity index (χ2v) is 5.72. The van der Waals surface area contributed by atoms with Crippen LogP contribution in [0, 0.1) is 0 Å². The molecule has 0 amide bonds. The van der Waals surface area contributed by atoms with Crippen LogP contribution in [0.4, 0.5) is 5.69 Å². The second-order valence-electron chi connectivity index (χ2n) is 5.72. The van der Waals surface area contributed by atoms with Gasteiger partial charge < -0.3 is 15.3 Å². The molecule has 1 fully saturated rings. The van der Waals surface area contributed by atoms with Gasteiger partial charge in [0.1, 0.15) is 0 Å². The van der Waals surface area contributed by atoms with Crippen molar-refractivity contribution in [3.63, 3.8) is 0 Å². The number of nitrogens with zero attached hydrogens (tertiary/aromatic N) is 1. The first kappa shape index (κ1) is 12.9. The quantitative estimate of drug-likeness (QED) is 0.876. The van der Waals surface area contributed by atoms with E-state index in [9.17, 15) is 5.11 Å². The molecule has 1 heterocycles. The Morgan fingerprint density at radius 1 is 1.26 bits per heavy atom. The van der Waals surface area contributed by atoms with Gasteiger partial charge in [0, 0.05) is 18.3 Å². The van der Waals surface area contributed by atoms with Crippen molar-refractivity contribution in [2.24, 2.45) is 0 Å². The minimum absolute atomic E-state index is 0.149. The van der Waals surface area contributed by atoms with Crippen LogP contribution < -0.4 is 10.2 Å². The second kappa shape index (κ2) is 5.51. The smallest absolute Gasteiger partial charge is 0.0743 e. The van der Waals surface area contributed by atoms with E-state index in [0.29, 0.717) is 12.1 Å². The lowest BCUT2D eigenvalue weighted by Gasteiger charge is -2.40. The standard InChI is InChI=1S/C16H24N2O/c1-2-17-13-10-11-18(15-8-5-9-16(15)19)14-7-4-3-6-12(13)14/h3-4,6-7,13,15-17,19H,2,5,8-11H2,1H3. The summed E-state index contributed by atoms with van der Waals surface area (Å²) in [7, 11) is 0. The molecule has 3 unspecified atom stereocenters. The summed E-state index contributed by atoms with van der Waals surface area (Å²) in [5, 5.41) is 13.8. The van der Waals surface area contributed by atoms with Gasteiger partial charge in [-0.3, -0.25) is 0 Å². The van der Waals surface area contributed by atoms with Crippen LogP contribution >= 0.6 is 0 Å². The van der Waals surface area contributed by atoms with Crippen LogP contribution in [0.1, 0.15) is 44.2 Å². The molecule has 1 saturated carbocycles. The van der Waals surface area contributed by atoms with Gasteiger partial charge in [-0.1, -0.05) is 25.1 Å². The van der Waals surface area contributed by atoms with Crippen LogP contribution in [0.15, 0.2) is 24.3 Å². The van der Waals surface area contributed by atoms with E-state index < -0.39 is 0 Å². The Morgan fingerprint density at radius 2 is 2.11 bits per heavy atom. The summed E-state index contributed by atoms with van der Waals surface area (Å²) in [5.41, 5.74) is 2.72. The van der Waals surface area contributed by atoms with Gasteiger partial charge in [-0.15, -0.1) is 0 Å². The van der Waals surface area contributed by atoms with Crippen LogP contribution in [-0.4, -0.2) is 30.3 Å². The molecule has 1 aromatic carbocycles. The lowest BCUT2D eigenvalue weighted by atomic mass is 9.94. The van der Waals surface area contributed by atoms with Crippen molar-refractivity contribution in [3.05, 3.63) is 29.8 Å². The van der Waals surface area contributed by atoms with Crippen molar-refractivity contribution in [2.45, 2.75) is 50.8 Å². The first-order valence-electron chi connectivity index (χ1n) is 7.58. The molecular weight excluding hydrogens is 236 g/mol. The SMILES string of the molecule is CCNC1CCN(C2CCCC2O)c2ccccc21. The Hall–Kier alpha value is -1.06. The van der Waals surface area contributed by atoms with E-state index in [2.05, 4.69) is 41.4 Å². The van der Waals surface area contributed by atoms with Gasteiger partial charge >= 0.3 is 0 Å². The third-order valence-electron chi connectivity index (χ3n) is 4.58. The molecule has 0 aromatic heterocycles. The van der Waals surface area contributed by atoms with Crippen molar-refractivity contribution in [1.29, 1.82) is 0 Å². The summed E-state index contributed by atoms with van der Waals surface area (Å²) in [4.78, 5) is 2.45. The van der Waals surface area contributed by atoms with Crippen LogP contribution in [0.5, 0.6) is 0 Å². The lowest BCUT2D eigenvalue weighted by Crippen LogP contribution is -2.45. The van der Waals surface area contributed by atoms with Gasteiger partial charge in [-0.2, -0.15) is 0 Å². The first-order valence-corrected chi connectivity index (χ1v) is 7.58. The molecule has 0 radical (unpaired) electrons. The minimum Gasteiger partial charge on any atom is -0.391 e. The van der Waals surface area contributed by atoms with Gasteiger partial charge in [0.05, 0.1) is 12.1 Å². The van der Waals surface area contributed by atoms with Crippen LogP contribution in [-0.2, 0) is 0 Å². The number of nitrogens with one attached hydrogen (secondary N) is 1. The Balaban J connectivity index is 1.90. The maximum atomic E-state index is 10.2. The fourth-order valence-electron chi connectivity index (χ4n) is 3.68. The number of benzene rings is 1. The highest BCUT2D eigenvalue weighted by atomic mass is 16.3. The van der Waals surface area contributed by atoms with E-state index in [0.717, 1.165) is 38.8 Å². The highest BCUT2D eigenvalue weighted by Gasteiger charge is 2.34. The summed E-state index contributed by atoms with van der Waals surface area (Å²) in [6, 6.07) is 9.47. The predicted molar refractivity (Wildman–Crippen MR) is 78.5 cm³/mol. The van der Waals surface area contributed by atoms with E-state index in [1.54, 1.807) is 0 Å². The van der Waals surface area contributed by atoms with Crippen LogP contribution in [0.25, 0.3) is 0 Å². The molecular formula is C16H24N2O. The fourth-order valence-corrected chi connectivity index (χ4v) is 3.68. The molecule has 0 saturated heterocycles. The summed E-state index contributed by atoms with van der Waals surface area (Å²) in [5.74, 6) is 0. The van der Waals surface area contributed by atoms with Gasteiger partial charge in [0.25, 0.3) is 0 Å². The van der Waals surface area contributed by atoms with E-state index >= 15 is 0 Å². The van der Waals surface area contributed by atoms with Crippen molar-refractivity contribution >= 4 is 5.69 Å². The zero-order chi connectivity index (χ0) is 13.2. The zero-order valence-corrected chi connectivity index (χ0v) is 11.7. The number of rotatable bonds is 3. The van der Waals surface area contributed by atoms with Crippen LogP contribution in [0.2, 0.25) is 0 Å². The molecule has 0 bridgehead atoms. The third-order valence-corrected chi connectivity index (χ3v) is 4.58. The van der Waals surface area contributed by atoms with Crippen molar-refractivity contribution in [3.8, 4) is 0 Å². The van der Waals surface area contributed by atoms with Crippen molar-refractivity contribution in [2.75, 3.05) is 18.0 Å². The van der Waals surface area contributed by atoms with Crippen molar-refractivity contribution in [1.82, 2.24) is 5.32 Å². The molecule has 1 aliphatic heterocycles. The summed E-state index contributed by atoms with van der Waals surface area (Å²) < 4.78 is 0. The molecule has 0 spiro atoms. The largest absolute Gasteiger partial charge is 0.391 e. The van der Waals surface area contributed by atoms with Gasteiger partial charge in [0.2, 0.25) is 0 Å². The Labute approximate surface area is 115 Å². The maximum absolute atomic E-state index is 10.2. The monoisotopic (exact) mass is 260 g/mol. The number of aliphatic hydroxyl groups excluding tert-OH is 1. The zero-order valence-electron chi connectivity index (χ0n) is 11.7. The predicted octanol–water partition coefficient (Wildman–Crippen LogP) is 2.46. The lowest BCUT2D eigenvalue weighted by molar-refractivity contribution is 0.159. The van der Waals surface area contributed by atoms with Gasteiger partial charge in [0.15, 0.2) is 0 Å².